The van der Waals surface area contributed by atoms with Gasteiger partial charge >= 0.3 is 0 Å². The van der Waals surface area contributed by atoms with Gasteiger partial charge in [0.1, 0.15) is 4.99 Å². The van der Waals surface area contributed by atoms with E-state index in [2.05, 4.69) is 15.6 Å². The lowest BCUT2D eigenvalue weighted by Crippen LogP contribution is -2.19. The van der Waals surface area contributed by atoms with Crippen LogP contribution in [0.5, 0.6) is 0 Å². The van der Waals surface area contributed by atoms with Crippen LogP contribution >= 0.6 is 12.2 Å². The second-order valence-electron chi connectivity index (χ2n) is 5.19. The molecule has 0 aliphatic rings. The summed E-state index contributed by atoms with van der Waals surface area (Å²) in [7, 11) is 0. The number of aromatic nitrogens is 2. The molecule has 0 unspecified atom stereocenters. The smallest absolute Gasteiger partial charge is 0.280 e. The third-order valence-electron chi connectivity index (χ3n) is 3.53. The average Bonchev–Trinajstić information content (AvgIpc) is 2.91. The van der Waals surface area contributed by atoms with Crippen LogP contribution in [-0.2, 0) is 0 Å². The van der Waals surface area contributed by atoms with Crippen molar-refractivity contribution >= 4 is 23.4 Å². The predicted octanol–water partition coefficient (Wildman–Crippen LogP) is 2.77. The summed E-state index contributed by atoms with van der Waals surface area (Å²) in [6.07, 6.45) is 1.49. The topological polar surface area (TPSA) is 62.2 Å². The Kier molecular flexibility index (Phi) is 4.67. The maximum atomic E-state index is 12.5. The molecule has 2 aromatic carbocycles. The first-order valence-corrected chi connectivity index (χ1v) is 7.83. The number of rotatable bonds is 4. The van der Waals surface area contributed by atoms with Gasteiger partial charge in [-0.2, -0.15) is 5.10 Å². The summed E-state index contributed by atoms with van der Waals surface area (Å²) in [5, 5.41) is 7.15. The number of aryl methyl sites for hydroxylation is 1. The number of H-pyrrole nitrogens is 1. The molecule has 3 aromatic rings. The summed E-state index contributed by atoms with van der Waals surface area (Å²) in [5.41, 5.74) is 5.50. The highest BCUT2D eigenvalue weighted by Gasteiger charge is 2.10. The molecule has 3 rings (SSSR count). The SMILES string of the molecule is Cc1[nH]n(-c2ccccc2)c(=O)c1/C=N\NC(=S)c1ccccc1. The van der Waals surface area contributed by atoms with Crippen molar-refractivity contribution in [3.63, 3.8) is 0 Å². The van der Waals surface area contributed by atoms with Crippen molar-refractivity contribution in [3.05, 3.63) is 87.8 Å². The highest BCUT2D eigenvalue weighted by molar-refractivity contribution is 7.80. The van der Waals surface area contributed by atoms with E-state index in [1.54, 1.807) is 0 Å². The number of nitrogens with one attached hydrogen (secondary N) is 2. The second-order valence-corrected chi connectivity index (χ2v) is 5.60. The minimum Gasteiger partial charge on any atom is -0.295 e. The first-order valence-electron chi connectivity index (χ1n) is 7.42. The van der Waals surface area contributed by atoms with Gasteiger partial charge in [0, 0.05) is 11.3 Å². The zero-order valence-electron chi connectivity index (χ0n) is 13.1. The van der Waals surface area contributed by atoms with Crippen LogP contribution in [0.25, 0.3) is 5.69 Å². The Morgan fingerprint density at radius 1 is 1.12 bits per heavy atom. The first kappa shape index (κ1) is 15.9. The van der Waals surface area contributed by atoms with Crippen LogP contribution in [0.2, 0.25) is 0 Å². The molecule has 0 atom stereocenters. The normalized spacial score (nSPS) is 10.9. The zero-order chi connectivity index (χ0) is 16.9. The third-order valence-corrected chi connectivity index (χ3v) is 3.85. The van der Waals surface area contributed by atoms with E-state index in [1.807, 2.05) is 67.6 Å². The fourth-order valence-electron chi connectivity index (χ4n) is 2.28. The van der Waals surface area contributed by atoms with E-state index < -0.39 is 0 Å². The quantitative estimate of drug-likeness (QED) is 0.437. The summed E-state index contributed by atoms with van der Waals surface area (Å²) in [4.78, 5) is 13.0. The monoisotopic (exact) mass is 336 g/mol. The van der Waals surface area contributed by atoms with E-state index >= 15 is 0 Å². The summed E-state index contributed by atoms with van der Waals surface area (Å²) in [6.45, 7) is 1.83. The number of thiocarbonyl (C=S) groups is 1. The van der Waals surface area contributed by atoms with Crippen molar-refractivity contribution < 1.29 is 0 Å². The molecule has 0 saturated heterocycles. The van der Waals surface area contributed by atoms with Crippen molar-refractivity contribution in [2.45, 2.75) is 6.92 Å². The Balaban J connectivity index is 1.80. The van der Waals surface area contributed by atoms with Gasteiger partial charge in [-0.15, -0.1) is 0 Å². The number of para-hydroxylation sites is 1. The molecule has 1 heterocycles. The summed E-state index contributed by atoms with van der Waals surface area (Å²) >= 11 is 5.27. The minimum atomic E-state index is -0.158. The van der Waals surface area contributed by atoms with Gasteiger partial charge in [0.25, 0.3) is 5.56 Å². The average molecular weight is 336 g/mol. The number of hydrazone groups is 1. The van der Waals surface area contributed by atoms with Crippen molar-refractivity contribution in [1.29, 1.82) is 0 Å². The fraction of sp³-hybridized carbons (Fsp3) is 0.0556. The van der Waals surface area contributed by atoms with E-state index in [4.69, 9.17) is 12.2 Å². The largest absolute Gasteiger partial charge is 0.295 e. The van der Waals surface area contributed by atoms with Gasteiger partial charge in [-0.3, -0.25) is 15.3 Å². The molecule has 24 heavy (non-hydrogen) atoms. The van der Waals surface area contributed by atoms with Crippen LogP contribution in [-0.4, -0.2) is 21.0 Å². The Hall–Kier alpha value is -2.99. The fourth-order valence-corrected chi connectivity index (χ4v) is 2.47. The van der Waals surface area contributed by atoms with Gasteiger partial charge < -0.3 is 0 Å². The van der Waals surface area contributed by atoms with E-state index in [1.165, 1.54) is 10.9 Å². The van der Waals surface area contributed by atoms with Gasteiger partial charge in [-0.05, 0) is 19.1 Å². The van der Waals surface area contributed by atoms with E-state index in [-0.39, 0.29) is 5.56 Å². The maximum absolute atomic E-state index is 12.5. The van der Waals surface area contributed by atoms with Crippen LogP contribution < -0.4 is 11.0 Å². The molecule has 5 nitrogen and oxygen atoms in total. The molecule has 0 bridgehead atoms. The molecule has 120 valence electrons. The molecule has 0 spiro atoms. The van der Waals surface area contributed by atoms with Crippen LogP contribution in [0.4, 0.5) is 0 Å². The molecular formula is C18H16N4OS. The lowest BCUT2D eigenvalue weighted by molar-refractivity contribution is 0.835. The van der Waals surface area contributed by atoms with Crippen molar-refractivity contribution in [1.82, 2.24) is 15.2 Å². The number of hydrogen-bond donors (Lipinski definition) is 2. The van der Waals surface area contributed by atoms with E-state index in [0.29, 0.717) is 10.6 Å². The van der Waals surface area contributed by atoms with Gasteiger partial charge in [0.05, 0.1) is 17.5 Å². The third kappa shape index (κ3) is 3.33. The predicted molar refractivity (Wildman–Crippen MR) is 100.0 cm³/mol. The van der Waals surface area contributed by atoms with Crippen LogP contribution in [0.1, 0.15) is 16.8 Å². The van der Waals surface area contributed by atoms with Gasteiger partial charge in [-0.25, -0.2) is 4.68 Å². The molecule has 6 heteroatoms. The number of benzene rings is 2. The minimum absolute atomic E-state index is 0.158. The Morgan fingerprint density at radius 2 is 1.75 bits per heavy atom. The highest BCUT2D eigenvalue weighted by atomic mass is 32.1. The Morgan fingerprint density at radius 3 is 2.42 bits per heavy atom. The van der Waals surface area contributed by atoms with E-state index in [0.717, 1.165) is 16.9 Å². The number of aromatic amines is 1. The Bertz CT molecular complexity index is 927. The molecular weight excluding hydrogens is 320 g/mol. The molecule has 2 N–H and O–H groups in total. The zero-order valence-corrected chi connectivity index (χ0v) is 13.9. The van der Waals surface area contributed by atoms with E-state index in [9.17, 15) is 4.79 Å². The molecule has 0 saturated carbocycles. The van der Waals surface area contributed by atoms with Gasteiger partial charge in [-0.1, -0.05) is 60.7 Å². The maximum Gasteiger partial charge on any atom is 0.280 e. The summed E-state index contributed by atoms with van der Waals surface area (Å²) in [6, 6.07) is 18.9. The summed E-state index contributed by atoms with van der Waals surface area (Å²) < 4.78 is 1.49. The molecule has 0 aliphatic heterocycles. The van der Waals surface area contributed by atoms with Crippen molar-refractivity contribution in [2.24, 2.45) is 5.10 Å². The van der Waals surface area contributed by atoms with Gasteiger partial charge in [0.15, 0.2) is 0 Å². The van der Waals surface area contributed by atoms with Gasteiger partial charge in [0.2, 0.25) is 0 Å². The molecule has 0 fully saturated rings. The van der Waals surface area contributed by atoms with Crippen molar-refractivity contribution in [3.8, 4) is 5.69 Å². The van der Waals surface area contributed by atoms with Crippen LogP contribution in [0.15, 0.2) is 70.6 Å². The number of nitrogens with zero attached hydrogens (tertiary/aromatic N) is 2. The standard InChI is InChI=1S/C18H16N4OS/c1-13-16(12-19-20-17(24)14-8-4-2-5-9-14)18(23)22(21-13)15-10-6-3-7-11-15/h2-12,21H,1H3,(H,20,24)/b19-12-. The van der Waals surface area contributed by atoms with Crippen molar-refractivity contribution in [2.75, 3.05) is 0 Å². The summed E-state index contributed by atoms with van der Waals surface area (Å²) in [5.74, 6) is 0. The molecule has 0 aliphatic carbocycles. The van der Waals surface area contributed by atoms with Crippen LogP contribution in [0, 0.1) is 6.92 Å². The molecule has 0 radical (unpaired) electrons. The lowest BCUT2D eigenvalue weighted by Gasteiger charge is -2.01. The second kappa shape index (κ2) is 7.06. The van der Waals surface area contributed by atoms with Crippen LogP contribution in [0.3, 0.4) is 0 Å². The highest BCUT2D eigenvalue weighted by Crippen LogP contribution is 2.05. The molecule has 1 aromatic heterocycles. The Labute approximate surface area is 144 Å². The molecule has 0 amide bonds. The number of hydrogen-bond acceptors (Lipinski definition) is 3. The lowest BCUT2D eigenvalue weighted by atomic mass is 10.2. The first-order chi connectivity index (χ1) is 11.7.